The van der Waals surface area contributed by atoms with Crippen LogP contribution in [0.1, 0.15) is 15.9 Å². The van der Waals surface area contributed by atoms with Gasteiger partial charge in [0.25, 0.3) is 0 Å². The van der Waals surface area contributed by atoms with E-state index >= 15 is 0 Å². The van der Waals surface area contributed by atoms with Crippen molar-refractivity contribution in [3.05, 3.63) is 40.9 Å². The summed E-state index contributed by atoms with van der Waals surface area (Å²) >= 11 is 5.57. The summed E-state index contributed by atoms with van der Waals surface area (Å²) in [4.78, 5) is 10.7. The molecule has 1 aromatic carbocycles. The van der Waals surface area contributed by atoms with Crippen LogP contribution >= 0.6 is 11.6 Å². The van der Waals surface area contributed by atoms with E-state index in [1.54, 1.807) is 12.1 Å². The van der Waals surface area contributed by atoms with Gasteiger partial charge in [-0.25, -0.2) is 0 Å². The van der Waals surface area contributed by atoms with Crippen molar-refractivity contribution in [3.8, 4) is 5.75 Å². The van der Waals surface area contributed by atoms with Gasteiger partial charge in [-0.05, 0) is 18.6 Å². The van der Waals surface area contributed by atoms with Crippen LogP contribution in [0.15, 0.2) is 29.8 Å². The maximum absolute atomic E-state index is 10.7. The van der Waals surface area contributed by atoms with E-state index in [1.165, 1.54) is 0 Å². The maximum Gasteiger partial charge on any atom is 0.153 e. The quantitative estimate of drug-likeness (QED) is 0.715. The molecule has 0 heterocycles. The number of para-hydroxylation sites is 1. The third-order valence-electron chi connectivity index (χ3n) is 1.74. The van der Waals surface area contributed by atoms with Gasteiger partial charge in [0, 0.05) is 5.03 Å². The molecule has 74 valence electrons. The molecule has 0 saturated heterocycles. The minimum atomic E-state index is 0.216. The number of aldehydes is 1. The van der Waals surface area contributed by atoms with Gasteiger partial charge >= 0.3 is 0 Å². The molecular weight excluding hydrogens is 200 g/mol. The fraction of sp³-hybridized carbons (Fsp3) is 0.182. The van der Waals surface area contributed by atoms with Crippen molar-refractivity contribution in [2.75, 3.05) is 6.61 Å². The molecular formula is C11H11ClO2. The highest BCUT2D eigenvalue weighted by molar-refractivity contribution is 6.29. The van der Waals surface area contributed by atoms with Crippen molar-refractivity contribution in [2.24, 2.45) is 0 Å². The number of aryl methyl sites for hydroxylation is 1. The van der Waals surface area contributed by atoms with Crippen LogP contribution in [0.2, 0.25) is 0 Å². The van der Waals surface area contributed by atoms with E-state index < -0.39 is 0 Å². The van der Waals surface area contributed by atoms with Crippen LogP contribution in [0.4, 0.5) is 0 Å². The van der Waals surface area contributed by atoms with Crippen LogP contribution in [0.25, 0.3) is 0 Å². The first-order chi connectivity index (χ1) is 6.65. The normalized spacial score (nSPS) is 9.57. The van der Waals surface area contributed by atoms with E-state index in [2.05, 4.69) is 6.58 Å². The van der Waals surface area contributed by atoms with Crippen LogP contribution in [0, 0.1) is 6.92 Å². The third-order valence-corrected chi connectivity index (χ3v) is 1.85. The van der Waals surface area contributed by atoms with Gasteiger partial charge in [-0.1, -0.05) is 30.3 Å². The predicted molar refractivity (Wildman–Crippen MR) is 57.1 cm³/mol. The molecule has 1 aromatic rings. The fourth-order valence-electron chi connectivity index (χ4n) is 1.12. The van der Waals surface area contributed by atoms with Crippen molar-refractivity contribution >= 4 is 17.9 Å². The Bertz CT molecular complexity index is 358. The zero-order chi connectivity index (χ0) is 10.6. The Morgan fingerprint density at radius 3 is 2.93 bits per heavy atom. The molecule has 1 rings (SSSR count). The number of halogens is 1. The van der Waals surface area contributed by atoms with E-state index in [9.17, 15) is 4.79 Å². The van der Waals surface area contributed by atoms with Gasteiger partial charge in [0.1, 0.15) is 12.4 Å². The van der Waals surface area contributed by atoms with Gasteiger partial charge in [-0.15, -0.1) is 0 Å². The molecule has 0 fully saturated rings. The number of ether oxygens (including phenoxy) is 1. The summed E-state index contributed by atoms with van der Waals surface area (Å²) in [5.41, 5.74) is 1.44. The van der Waals surface area contributed by atoms with Crippen molar-refractivity contribution in [1.82, 2.24) is 0 Å². The molecule has 0 unspecified atom stereocenters. The standard InChI is InChI=1S/C11H11ClO2/c1-8-4-3-5-10(6-13)11(8)14-7-9(2)12/h3-6H,2,7H2,1H3. The third kappa shape index (κ3) is 2.60. The van der Waals surface area contributed by atoms with E-state index in [-0.39, 0.29) is 6.61 Å². The predicted octanol–water partition coefficient (Wildman–Crippen LogP) is 2.94. The summed E-state index contributed by atoms with van der Waals surface area (Å²) in [6.45, 7) is 5.60. The molecule has 0 aliphatic heterocycles. The summed E-state index contributed by atoms with van der Waals surface area (Å²) in [5, 5.41) is 0.408. The minimum absolute atomic E-state index is 0.216. The van der Waals surface area contributed by atoms with Crippen molar-refractivity contribution < 1.29 is 9.53 Å². The highest BCUT2D eigenvalue weighted by atomic mass is 35.5. The van der Waals surface area contributed by atoms with E-state index in [4.69, 9.17) is 16.3 Å². The second-order valence-corrected chi connectivity index (χ2v) is 3.45. The lowest BCUT2D eigenvalue weighted by molar-refractivity contribution is 0.112. The first-order valence-electron chi connectivity index (χ1n) is 4.16. The number of hydrogen-bond donors (Lipinski definition) is 0. The Kier molecular flexibility index (Phi) is 3.72. The van der Waals surface area contributed by atoms with Crippen molar-refractivity contribution in [3.63, 3.8) is 0 Å². The summed E-state index contributed by atoms with van der Waals surface area (Å²) in [5.74, 6) is 0.573. The van der Waals surface area contributed by atoms with Crippen LogP contribution in [-0.4, -0.2) is 12.9 Å². The number of rotatable bonds is 4. The molecule has 0 bridgehead atoms. The number of carbonyl (C=O) groups excluding carboxylic acids is 1. The Labute approximate surface area is 88.1 Å². The zero-order valence-corrected chi connectivity index (χ0v) is 8.67. The van der Waals surface area contributed by atoms with Gasteiger partial charge in [0.05, 0.1) is 5.56 Å². The number of benzene rings is 1. The summed E-state index contributed by atoms with van der Waals surface area (Å²) in [7, 11) is 0. The largest absolute Gasteiger partial charge is 0.487 e. The molecule has 0 radical (unpaired) electrons. The lowest BCUT2D eigenvalue weighted by atomic mass is 10.1. The SMILES string of the molecule is C=C(Cl)COc1c(C)cccc1C=O. The maximum atomic E-state index is 10.7. The topological polar surface area (TPSA) is 26.3 Å². The number of carbonyl (C=O) groups is 1. The van der Waals surface area contributed by atoms with E-state index in [1.807, 2.05) is 13.0 Å². The van der Waals surface area contributed by atoms with Gasteiger partial charge in [0.15, 0.2) is 6.29 Å². The molecule has 0 atom stereocenters. The number of hydrogen-bond acceptors (Lipinski definition) is 2. The lowest BCUT2D eigenvalue weighted by Gasteiger charge is -2.09. The van der Waals surface area contributed by atoms with Gasteiger partial charge in [-0.2, -0.15) is 0 Å². The first kappa shape index (κ1) is 10.8. The molecule has 0 N–H and O–H groups in total. The second kappa shape index (κ2) is 4.82. The van der Waals surface area contributed by atoms with Crippen molar-refractivity contribution in [1.29, 1.82) is 0 Å². The van der Waals surface area contributed by atoms with Crippen molar-refractivity contribution in [2.45, 2.75) is 6.92 Å². The average Bonchev–Trinajstić information content (AvgIpc) is 2.15. The Morgan fingerprint density at radius 1 is 1.64 bits per heavy atom. The van der Waals surface area contributed by atoms with E-state index in [0.29, 0.717) is 16.3 Å². The monoisotopic (exact) mass is 210 g/mol. The molecule has 2 nitrogen and oxygen atoms in total. The van der Waals surface area contributed by atoms with Crippen LogP contribution in [-0.2, 0) is 0 Å². The molecule has 0 aliphatic rings. The summed E-state index contributed by atoms with van der Waals surface area (Å²) < 4.78 is 5.36. The molecule has 14 heavy (non-hydrogen) atoms. The molecule has 0 saturated carbocycles. The van der Waals surface area contributed by atoms with Crippen LogP contribution in [0.3, 0.4) is 0 Å². The Balaban J connectivity index is 2.93. The van der Waals surface area contributed by atoms with Gasteiger partial charge in [0.2, 0.25) is 0 Å². The zero-order valence-electron chi connectivity index (χ0n) is 7.92. The smallest absolute Gasteiger partial charge is 0.153 e. The van der Waals surface area contributed by atoms with Crippen LogP contribution < -0.4 is 4.74 Å². The minimum Gasteiger partial charge on any atom is -0.487 e. The highest BCUT2D eigenvalue weighted by Crippen LogP contribution is 2.22. The second-order valence-electron chi connectivity index (χ2n) is 2.92. The lowest BCUT2D eigenvalue weighted by Crippen LogP contribution is -2.01. The molecule has 0 spiro atoms. The summed E-state index contributed by atoms with van der Waals surface area (Å²) in [6.07, 6.45) is 0.763. The summed E-state index contributed by atoms with van der Waals surface area (Å²) in [6, 6.07) is 5.38. The van der Waals surface area contributed by atoms with E-state index in [0.717, 1.165) is 11.8 Å². The first-order valence-corrected chi connectivity index (χ1v) is 4.54. The molecule has 3 heteroatoms. The Hall–Kier alpha value is -1.28. The molecule has 0 aromatic heterocycles. The molecule has 0 amide bonds. The Morgan fingerprint density at radius 2 is 2.36 bits per heavy atom. The fourth-order valence-corrected chi connectivity index (χ4v) is 1.17. The molecule has 0 aliphatic carbocycles. The average molecular weight is 211 g/mol. The van der Waals surface area contributed by atoms with Crippen LogP contribution in [0.5, 0.6) is 5.75 Å². The highest BCUT2D eigenvalue weighted by Gasteiger charge is 2.05. The van der Waals surface area contributed by atoms with Gasteiger partial charge in [-0.3, -0.25) is 4.79 Å². The van der Waals surface area contributed by atoms with Gasteiger partial charge < -0.3 is 4.74 Å².